The molecule has 3 atom stereocenters. The molecule has 0 saturated carbocycles. The summed E-state index contributed by atoms with van der Waals surface area (Å²) in [6.45, 7) is 4.00. The number of para-hydroxylation sites is 2. The van der Waals surface area contributed by atoms with Crippen LogP contribution in [0.1, 0.15) is 57.7 Å². The first kappa shape index (κ1) is 27.7. The van der Waals surface area contributed by atoms with Crippen molar-refractivity contribution in [1.29, 1.82) is 0 Å². The molecule has 7 rings (SSSR count). The number of nitrogens with one attached hydrogen (secondary N) is 2. The maximum atomic E-state index is 14.4. The van der Waals surface area contributed by atoms with E-state index in [4.69, 9.17) is 0 Å². The van der Waals surface area contributed by atoms with Crippen LogP contribution in [0.4, 0.5) is 10.5 Å². The van der Waals surface area contributed by atoms with Gasteiger partial charge in [-0.1, -0.05) is 84.9 Å². The van der Waals surface area contributed by atoms with Crippen molar-refractivity contribution < 1.29 is 14.4 Å². The highest BCUT2D eigenvalue weighted by Crippen LogP contribution is 2.45. The summed E-state index contributed by atoms with van der Waals surface area (Å²) in [5, 5.41) is 4.15. The van der Waals surface area contributed by atoms with Crippen molar-refractivity contribution in [3.8, 4) is 0 Å². The predicted molar refractivity (Wildman–Crippen MR) is 172 cm³/mol. The number of amides is 4. The van der Waals surface area contributed by atoms with Crippen LogP contribution in [0, 0.1) is 6.92 Å². The summed E-state index contributed by atoms with van der Waals surface area (Å²) < 4.78 is 0. The van der Waals surface area contributed by atoms with E-state index in [1.54, 1.807) is 29.2 Å². The Morgan fingerprint density at radius 2 is 1.61 bits per heavy atom. The Balaban J connectivity index is 1.23. The number of carbonyl (C=O) groups is 3. The molecule has 7 nitrogen and oxygen atoms in total. The lowest BCUT2D eigenvalue weighted by molar-refractivity contribution is -0.120. The van der Waals surface area contributed by atoms with Gasteiger partial charge >= 0.3 is 6.03 Å². The van der Waals surface area contributed by atoms with Crippen LogP contribution in [0.2, 0.25) is 0 Å². The molecule has 2 aliphatic rings. The number of hydrogen-bond donors (Lipinski definition) is 2. The minimum Gasteiger partial charge on any atom is -0.356 e. The molecule has 44 heavy (non-hydrogen) atoms. The van der Waals surface area contributed by atoms with Crippen LogP contribution in [0.25, 0.3) is 10.9 Å². The number of aryl methyl sites for hydroxylation is 2. The van der Waals surface area contributed by atoms with Crippen LogP contribution in [0.5, 0.6) is 0 Å². The van der Waals surface area contributed by atoms with Crippen molar-refractivity contribution in [3.63, 3.8) is 0 Å². The van der Waals surface area contributed by atoms with Gasteiger partial charge in [0.15, 0.2) is 0 Å². The summed E-state index contributed by atoms with van der Waals surface area (Å²) in [6, 6.07) is 31.4. The van der Waals surface area contributed by atoms with Gasteiger partial charge in [0.25, 0.3) is 11.8 Å². The van der Waals surface area contributed by atoms with Crippen molar-refractivity contribution in [1.82, 2.24) is 15.2 Å². The van der Waals surface area contributed by atoms with E-state index in [-0.39, 0.29) is 17.9 Å². The maximum absolute atomic E-state index is 14.4. The highest BCUT2D eigenvalue weighted by atomic mass is 16.2. The molecule has 1 fully saturated rings. The summed E-state index contributed by atoms with van der Waals surface area (Å²) in [5.74, 6) is -0.625. The predicted octanol–water partition coefficient (Wildman–Crippen LogP) is 6.71. The van der Waals surface area contributed by atoms with Crippen LogP contribution in [-0.2, 0) is 17.6 Å². The third kappa shape index (κ3) is 4.65. The molecular formula is C37H34N4O3. The molecule has 0 spiro atoms. The molecule has 4 amide bonds. The summed E-state index contributed by atoms with van der Waals surface area (Å²) in [6.07, 6.45) is 1.99. The Hall–Kier alpha value is -5.17. The van der Waals surface area contributed by atoms with Gasteiger partial charge in [0, 0.05) is 29.1 Å². The van der Waals surface area contributed by atoms with Gasteiger partial charge in [0.1, 0.15) is 12.1 Å². The van der Waals surface area contributed by atoms with Crippen LogP contribution in [-0.4, -0.2) is 39.8 Å². The third-order valence-electron chi connectivity index (χ3n) is 9.01. The molecule has 7 heteroatoms. The fourth-order valence-corrected chi connectivity index (χ4v) is 6.78. The van der Waals surface area contributed by atoms with Crippen molar-refractivity contribution in [2.24, 2.45) is 0 Å². The van der Waals surface area contributed by atoms with E-state index in [2.05, 4.69) is 28.5 Å². The molecule has 0 bridgehead atoms. The van der Waals surface area contributed by atoms with Gasteiger partial charge in [-0.15, -0.1) is 0 Å². The zero-order valence-corrected chi connectivity index (χ0v) is 24.8. The average Bonchev–Trinajstić information content (AvgIpc) is 3.54. The summed E-state index contributed by atoms with van der Waals surface area (Å²) in [5.41, 5.74) is 6.78. The normalized spacial score (nSPS) is 18.3. The number of hydrogen-bond acceptors (Lipinski definition) is 3. The fourth-order valence-electron chi connectivity index (χ4n) is 6.78. The van der Waals surface area contributed by atoms with E-state index in [1.807, 2.05) is 74.5 Å². The Bertz CT molecular complexity index is 1900. The highest BCUT2D eigenvalue weighted by Gasteiger charge is 2.53. The summed E-state index contributed by atoms with van der Waals surface area (Å²) >= 11 is 0. The van der Waals surface area contributed by atoms with Crippen molar-refractivity contribution in [3.05, 3.63) is 137 Å². The minimum atomic E-state index is -0.695. The average molecular weight is 583 g/mol. The molecule has 0 radical (unpaired) electrons. The summed E-state index contributed by atoms with van der Waals surface area (Å²) in [4.78, 5) is 48.8. The van der Waals surface area contributed by atoms with E-state index in [0.29, 0.717) is 17.7 Å². The Morgan fingerprint density at radius 1 is 0.909 bits per heavy atom. The number of rotatable bonds is 7. The smallest absolute Gasteiger partial charge is 0.332 e. The van der Waals surface area contributed by atoms with Gasteiger partial charge in [0.05, 0.1) is 11.3 Å². The standard InChI is InChI=1S/C37H34N4O3/c1-23-12-6-7-15-26(23)34-33-29(27-16-8-10-18-30(27)39-33)22-32-36(43)41(37(44)40(32)34)31-19-11-9-17-28(31)35(42)38-24(2)20-21-25-13-4-3-5-14-25/h3-19,24,32,34,39H,20-22H2,1-2H3,(H,38,42)/t24?,32-,34?/m0/s1. The van der Waals surface area contributed by atoms with Gasteiger partial charge in [-0.3, -0.25) is 14.5 Å². The fraction of sp³-hybridized carbons (Fsp3) is 0.216. The molecule has 2 unspecified atom stereocenters. The number of anilines is 1. The molecular weight excluding hydrogens is 548 g/mol. The topological polar surface area (TPSA) is 85.5 Å². The lowest BCUT2D eigenvalue weighted by Crippen LogP contribution is -2.44. The molecule has 4 aromatic carbocycles. The second kappa shape index (κ2) is 11.2. The van der Waals surface area contributed by atoms with Crippen LogP contribution in [0.3, 0.4) is 0 Å². The molecule has 5 aromatic rings. The molecule has 3 heterocycles. The number of imide groups is 1. The van der Waals surface area contributed by atoms with E-state index < -0.39 is 18.1 Å². The van der Waals surface area contributed by atoms with E-state index in [9.17, 15) is 14.4 Å². The SMILES string of the molecule is Cc1ccccc1C1c2[nH]c3ccccc3c2C[C@H]2C(=O)N(c3ccccc3C(=O)NC(C)CCc3ccccc3)C(=O)N12. The summed E-state index contributed by atoms with van der Waals surface area (Å²) in [7, 11) is 0. The Morgan fingerprint density at radius 3 is 2.43 bits per heavy atom. The second-order valence-corrected chi connectivity index (χ2v) is 11.8. The number of urea groups is 1. The van der Waals surface area contributed by atoms with Gasteiger partial charge in [-0.2, -0.15) is 0 Å². The molecule has 1 saturated heterocycles. The number of aromatic amines is 1. The Labute approximate surface area is 256 Å². The quantitative estimate of drug-likeness (QED) is 0.209. The number of H-pyrrole nitrogens is 1. The third-order valence-corrected chi connectivity index (χ3v) is 9.01. The first-order valence-corrected chi connectivity index (χ1v) is 15.2. The largest absolute Gasteiger partial charge is 0.356 e. The molecule has 2 aliphatic heterocycles. The first-order chi connectivity index (χ1) is 21.4. The van der Waals surface area contributed by atoms with Crippen molar-refractivity contribution in [2.75, 3.05) is 4.90 Å². The lowest BCUT2D eigenvalue weighted by Gasteiger charge is -2.36. The van der Waals surface area contributed by atoms with E-state index in [1.165, 1.54) is 10.5 Å². The zero-order valence-electron chi connectivity index (χ0n) is 24.8. The van der Waals surface area contributed by atoms with Gasteiger partial charge in [-0.05, 0) is 67.1 Å². The number of carbonyl (C=O) groups excluding carboxylic acids is 3. The van der Waals surface area contributed by atoms with Crippen molar-refractivity contribution >= 4 is 34.4 Å². The number of aromatic nitrogens is 1. The lowest BCUT2D eigenvalue weighted by atomic mass is 9.87. The van der Waals surface area contributed by atoms with Crippen LogP contribution >= 0.6 is 0 Å². The van der Waals surface area contributed by atoms with Gasteiger partial charge in [-0.25, -0.2) is 9.69 Å². The second-order valence-electron chi connectivity index (χ2n) is 11.8. The van der Waals surface area contributed by atoms with Gasteiger partial charge < -0.3 is 10.3 Å². The first-order valence-electron chi connectivity index (χ1n) is 15.2. The van der Waals surface area contributed by atoms with E-state index >= 15 is 0 Å². The number of nitrogens with zero attached hydrogens (tertiary/aromatic N) is 2. The molecule has 2 N–H and O–H groups in total. The molecule has 220 valence electrons. The number of benzene rings is 4. The van der Waals surface area contributed by atoms with E-state index in [0.717, 1.165) is 46.1 Å². The minimum absolute atomic E-state index is 0.101. The zero-order chi connectivity index (χ0) is 30.4. The van der Waals surface area contributed by atoms with Crippen LogP contribution < -0.4 is 10.2 Å². The van der Waals surface area contributed by atoms with Crippen molar-refractivity contribution in [2.45, 2.75) is 51.2 Å². The molecule has 0 aliphatic carbocycles. The van der Waals surface area contributed by atoms with Crippen LogP contribution in [0.15, 0.2) is 103 Å². The monoisotopic (exact) mass is 582 g/mol. The highest BCUT2D eigenvalue weighted by molar-refractivity contribution is 6.24. The Kier molecular flexibility index (Phi) is 7.01. The number of fused-ring (bicyclic) bond motifs is 4. The molecule has 1 aromatic heterocycles. The maximum Gasteiger partial charge on any atom is 0.332 e. The van der Waals surface area contributed by atoms with Gasteiger partial charge in [0.2, 0.25) is 0 Å².